The van der Waals surface area contributed by atoms with E-state index in [0.29, 0.717) is 36.7 Å². The summed E-state index contributed by atoms with van der Waals surface area (Å²) in [6, 6.07) is 13.9. The maximum atomic E-state index is 5.76. The van der Waals surface area contributed by atoms with Crippen molar-refractivity contribution in [1.29, 1.82) is 0 Å². The number of hydrogen-bond donors (Lipinski definition) is 3. The third-order valence-electron chi connectivity index (χ3n) is 5.36. The van der Waals surface area contributed by atoms with E-state index in [2.05, 4.69) is 42.9 Å². The van der Waals surface area contributed by atoms with Gasteiger partial charge >= 0.3 is 0 Å². The van der Waals surface area contributed by atoms with Gasteiger partial charge in [-0.05, 0) is 24.8 Å². The first-order valence-corrected chi connectivity index (χ1v) is 11.1. The summed E-state index contributed by atoms with van der Waals surface area (Å²) in [5.74, 6) is 2.95. The van der Waals surface area contributed by atoms with Crippen LogP contribution in [0.5, 0.6) is 5.88 Å². The molecule has 1 saturated carbocycles. The van der Waals surface area contributed by atoms with Gasteiger partial charge in [-0.1, -0.05) is 42.4 Å². The van der Waals surface area contributed by atoms with Crippen molar-refractivity contribution in [3.05, 3.63) is 53.7 Å². The Morgan fingerprint density at radius 2 is 2.00 bits per heavy atom. The van der Waals surface area contributed by atoms with Crippen molar-refractivity contribution in [2.75, 3.05) is 23.8 Å². The normalized spacial score (nSPS) is 17.5. The number of ether oxygens (including phenoxy) is 1. The van der Waals surface area contributed by atoms with Gasteiger partial charge in [0.25, 0.3) is 0 Å². The second kappa shape index (κ2) is 9.25. The standard InChI is InChI=1S/C23H27N7O2/c1-2-10-31-22-13-20(25-21-12-18(28-29-21)16-8-9-16)26-23(27-22)24-14-17-11-19(30-32-17)15-6-4-3-5-7-15/h3-7,12-13,16-17H,2,8-11,14H2,1H3,(H3,24,25,26,27,28,29). The summed E-state index contributed by atoms with van der Waals surface area (Å²) < 4.78 is 5.76. The number of aromatic nitrogens is 4. The number of rotatable bonds is 10. The van der Waals surface area contributed by atoms with Gasteiger partial charge in [0.1, 0.15) is 11.9 Å². The maximum Gasteiger partial charge on any atom is 0.228 e. The zero-order valence-corrected chi connectivity index (χ0v) is 18.0. The van der Waals surface area contributed by atoms with Crippen molar-refractivity contribution >= 4 is 23.3 Å². The van der Waals surface area contributed by atoms with E-state index in [9.17, 15) is 0 Å². The van der Waals surface area contributed by atoms with Crippen molar-refractivity contribution in [2.45, 2.75) is 44.6 Å². The van der Waals surface area contributed by atoms with Gasteiger partial charge in [0.05, 0.1) is 18.9 Å². The highest BCUT2D eigenvalue weighted by atomic mass is 16.6. The van der Waals surface area contributed by atoms with E-state index in [4.69, 9.17) is 9.57 Å². The molecule has 5 rings (SSSR count). The number of anilines is 3. The molecule has 32 heavy (non-hydrogen) atoms. The van der Waals surface area contributed by atoms with Crippen LogP contribution in [0.1, 0.15) is 49.8 Å². The third-order valence-corrected chi connectivity index (χ3v) is 5.36. The molecule has 0 saturated heterocycles. The largest absolute Gasteiger partial charge is 0.477 e. The van der Waals surface area contributed by atoms with Crippen molar-refractivity contribution < 1.29 is 9.57 Å². The molecule has 2 aromatic heterocycles. The van der Waals surface area contributed by atoms with Crippen LogP contribution in [0, 0.1) is 0 Å². The lowest BCUT2D eigenvalue weighted by molar-refractivity contribution is 0.0948. The molecule has 1 aliphatic heterocycles. The predicted octanol–water partition coefficient (Wildman–Crippen LogP) is 4.21. The van der Waals surface area contributed by atoms with Crippen LogP contribution < -0.4 is 15.4 Å². The Balaban J connectivity index is 1.23. The Bertz CT molecular complexity index is 1080. The summed E-state index contributed by atoms with van der Waals surface area (Å²) in [7, 11) is 0. The van der Waals surface area contributed by atoms with Gasteiger partial charge < -0.3 is 20.2 Å². The SMILES string of the molecule is CCCOc1cc(Nc2cc(C3CC3)[nH]n2)nc(NCC2CC(c3ccccc3)=NO2)n1. The van der Waals surface area contributed by atoms with Crippen LogP contribution in [-0.2, 0) is 4.84 Å². The van der Waals surface area contributed by atoms with Crippen molar-refractivity contribution in [2.24, 2.45) is 5.16 Å². The molecule has 0 spiro atoms. The summed E-state index contributed by atoms with van der Waals surface area (Å²) >= 11 is 0. The van der Waals surface area contributed by atoms with E-state index in [1.165, 1.54) is 12.8 Å². The molecule has 1 fully saturated rings. The van der Waals surface area contributed by atoms with Crippen molar-refractivity contribution in [3.8, 4) is 5.88 Å². The van der Waals surface area contributed by atoms with Gasteiger partial charge in [-0.3, -0.25) is 5.10 Å². The van der Waals surface area contributed by atoms with E-state index < -0.39 is 0 Å². The minimum Gasteiger partial charge on any atom is -0.477 e. The number of oxime groups is 1. The topological polar surface area (TPSA) is 109 Å². The molecule has 3 aromatic rings. The van der Waals surface area contributed by atoms with Gasteiger partial charge in [-0.25, -0.2) is 0 Å². The summed E-state index contributed by atoms with van der Waals surface area (Å²) in [6.45, 7) is 3.18. The zero-order valence-electron chi connectivity index (χ0n) is 18.0. The fourth-order valence-electron chi connectivity index (χ4n) is 3.53. The second-order valence-electron chi connectivity index (χ2n) is 8.09. The molecule has 3 heterocycles. The molecule has 166 valence electrons. The van der Waals surface area contributed by atoms with Crippen LogP contribution in [0.25, 0.3) is 0 Å². The van der Waals surface area contributed by atoms with Gasteiger partial charge in [-0.15, -0.1) is 0 Å². The van der Waals surface area contributed by atoms with Crippen LogP contribution >= 0.6 is 0 Å². The Morgan fingerprint density at radius 1 is 1.12 bits per heavy atom. The van der Waals surface area contributed by atoms with Crippen LogP contribution in [0.15, 0.2) is 47.6 Å². The smallest absolute Gasteiger partial charge is 0.228 e. The highest BCUT2D eigenvalue weighted by Gasteiger charge is 2.26. The van der Waals surface area contributed by atoms with Gasteiger partial charge in [0, 0.05) is 30.2 Å². The number of benzene rings is 1. The van der Waals surface area contributed by atoms with E-state index in [-0.39, 0.29) is 6.10 Å². The van der Waals surface area contributed by atoms with E-state index in [1.54, 1.807) is 6.07 Å². The molecule has 2 aliphatic rings. The molecule has 3 N–H and O–H groups in total. The van der Waals surface area contributed by atoms with Gasteiger partial charge in [0.15, 0.2) is 5.82 Å². The molecule has 1 aromatic carbocycles. The fraction of sp³-hybridized carbons (Fsp3) is 0.391. The minimum absolute atomic E-state index is 0.0853. The molecule has 1 unspecified atom stereocenters. The summed E-state index contributed by atoms with van der Waals surface area (Å²) in [5.41, 5.74) is 3.19. The zero-order chi connectivity index (χ0) is 21.8. The molecule has 1 aliphatic carbocycles. The van der Waals surface area contributed by atoms with Gasteiger partial charge in [-0.2, -0.15) is 15.1 Å². The maximum absolute atomic E-state index is 5.76. The number of hydrogen-bond acceptors (Lipinski definition) is 8. The third kappa shape index (κ3) is 4.99. The minimum atomic E-state index is -0.0853. The Labute approximate surface area is 186 Å². The Hall–Kier alpha value is -3.62. The predicted molar refractivity (Wildman–Crippen MR) is 123 cm³/mol. The number of H-pyrrole nitrogens is 1. The summed E-state index contributed by atoms with van der Waals surface area (Å²) in [5, 5.41) is 18.2. The first kappa shape index (κ1) is 20.3. The van der Waals surface area contributed by atoms with Crippen LogP contribution in [0.3, 0.4) is 0 Å². The van der Waals surface area contributed by atoms with Crippen LogP contribution in [-0.4, -0.2) is 45.1 Å². The quantitative estimate of drug-likeness (QED) is 0.439. The van der Waals surface area contributed by atoms with E-state index in [0.717, 1.165) is 35.6 Å². The molecular weight excluding hydrogens is 406 g/mol. The molecule has 1 atom stereocenters. The lowest BCUT2D eigenvalue weighted by atomic mass is 10.1. The van der Waals surface area contributed by atoms with Crippen molar-refractivity contribution in [3.63, 3.8) is 0 Å². The average molecular weight is 434 g/mol. The second-order valence-corrected chi connectivity index (χ2v) is 8.09. The van der Waals surface area contributed by atoms with Crippen LogP contribution in [0.4, 0.5) is 17.6 Å². The first-order valence-electron chi connectivity index (χ1n) is 11.1. The Morgan fingerprint density at radius 3 is 2.81 bits per heavy atom. The Kier molecular flexibility index (Phi) is 5.87. The molecule has 0 bridgehead atoms. The lowest BCUT2D eigenvalue weighted by Crippen LogP contribution is -2.21. The molecule has 9 heteroatoms. The summed E-state index contributed by atoms with van der Waals surface area (Å²) in [4.78, 5) is 14.7. The number of nitrogens with one attached hydrogen (secondary N) is 3. The highest BCUT2D eigenvalue weighted by Crippen LogP contribution is 2.39. The van der Waals surface area contributed by atoms with E-state index in [1.807, 2.05) is 36.4 Å². The van der Waals surface area contributed by atoms with E-state index >= 15 is 0 Å². The fourth-order valence-corrected chi connectivity index (χ4v) is 3.53. The number of aromatic amines is 1. The average Bonchev–Trinajstić information content (AvgIpc) is 3.38. The molecule has 0 amide bonds. The lowest BCUT2D eigenvalue weighted by Gasteiger charge is -2.13. The highest BCUT2D eigenvalue weighted by molar-refractivity contribution is 6.01. The van der Waals surface area contributed by atoms with Crippen molar-refractivity contribution in [1.82, 2.24) is 20.2 Å². The van der Waals surface area contributed by atoms with Crippen LogP contribution in [0.2, 0.25) is 0 Å². The molecule has 9 nitrogen and oxygen atoms in total. The monoisotopic (exact) mass is 433 g/mol. The molecule has 0 radical (unpaired) electrons. The number of nitrogens with zero attached hydrogens (tertiary/aromatic N) is 4. The van der Waals surface area contributed by atoms with Gasteiger partial charge in [0.2, 0.25) is 11.8 Å². The first-order chi connectivity index (χ1) is 15.8. The molecular formula is C23H27N7O2. The summed E-state index contributed by atoms with van der Waals surface area (Å²) in [6.07, 6.45) is 3.98.